The minimum Gasteiger partial charge on any atom is -0.286 e. The van der Waals surface area contributed by atoms with Gasteiger partial charge < -0.3 is 0 Å². The first-order valence-corrected chi connectivity index (χ1v) is 1.72. The Morgan fingerprint density at radius 2 is 2.14 bits per heavy atom. The van der Waals surface area contributed by atoms with Crippen LogP contribution in [0.15, 0.2) is 0 Å². The van der Waals surface area contributed by atoms with Crippen LogP contribution in [0.2, 0.25) is 0 Å². The highest BCUT2D eigenvalue weighted by Crippen LogP contribution is 2.11. The van der Waals surface area contributed by atoms with E-state index in [2.05, 4.69) is 11.6 Å². The standard InChI is InChI=1S/C2H2ClF2NO/c3-2(4,5)6-1-7/h1H,(H,6,7). The third-order valence-corrected chi connectivity index (χ3v) is 0.332. The maximum atomic E-state index is 11.1. The molecule has 0 saturated carbocycles. The summed E-state index contributed by atoms with van der Waals surface area (Å²) in [4.78, 5) is 9.14. The summed E-state index contributed by atoms with van der Waals surface area (Å²) in [7, 11) is 0. The van der Waals surface area contributed by atoms with E-state index in [1.165, 1.54) is 0 Å². The number of rotatable bonds is 2. The van der Waals surface area contributed by atoms with Crippen LogP contribution in [0.3, 0.4) is 0 Å². The molecule has 0 heterocycles. The summed E-state index contributed by atoms with van der Waals surface area (Å²) in [5.41, 5.74) is -3.60. The molecule has 5 heteroatoms. The van der Waals surface area contributed by atoms with Gasteiger partial charge in [-0.05, 0) is 11.6 Å². The van der Waals surface area contributed by atoms with Crippen LogP contribution in [0.25, 0.3) is 0 Å². The zero-order valence-corrected chi connectivity index (χ0v) is 3.88. The minimum absolute atomic E-state index is 0.174. The van der Waals surface area contributed by atoms with Gasteiger partial charge in [-0.1, -0.05) is 0 Å². The van der Waals surface area contributed by atoms with Crippen LogP contribution in [0.5, 0.6) is 0 Å². The van der Waals surface area contributed by atoms with Gasteiger partial charge >= 0.3 is 5.51 Å². The van der Waals surface area contributed by atoms with Crippen molar-refractivity contribution >= 4 is 18.0 Å². The Hall–Kier alpha value is -0.380. The number of halogens is 3. The summed E-state index contributed by atoms with van der Waals surface area (Å²) in [6, 6.07) is 0. The summed E-state index contributed by atoms with van der Waals surface area (Å²) in [5, 5.41) is 1.04. The van der Waals surface area contributed by atoms with Gasteiger partial charge in [-0.15, -0.1) is 0 Å². The van der Waals surface area contributed by atoms with E-state index in [0.29, 0.717) is 0 Å². The third kappa shape index (κ3) is 5.62. The van der Waals surface area contributed by atoms with Crippen LogP contribution in [0.1, 0.15) is 0 Å². The molecule has 0 rings (SSSR count). The van der Waals surface area contributed by atoms with Crippen molar-refractivity contribution in [3.05, 3.63) is 0 Å². The smallest absolute Gasteiger partial charge is 0.286 e. The van der Waals surface area contributed by atoms with Crippen molar-refractivity contribution in [2.75, 3.05) is 0 Å². The SMILES string of the molecule is O=CNC(F)(F)Cl. The number of nitrogens with one attached hydrogen (secondary N) is 1. The lowest BCUT2D eigenvalue weighted by Gasteiger charge is -2.01. The molecule has 7 heavy (non-hydrogen) atoms. The molecule has 0 bridgehead atoms. The van der Waals surface area contributed by atoms with Gasteiger partial charge in [0.25, 0.3) is 0 Å². The molecule has 1 N–H and O–H groups in total. The highest BCUT2D eigenvalue weighted by Gasteiger charge is 2.21. The molecule has 0 unspecified atom stereocenters. The summed E-state index contributed by atoms with van der Waals surface area (Å²) in [5.74, 6) is 0. The Morgan fingerprint density at radius 1 is 1.71 bits per heavy atom. The molecule has 0 radical (unpaired) electrons. The Kier molecular flexibility index (Phi) is 1.95. The van der Waals surface area contributed by atoms with Gasteiger partial charge in [0.2, 0.25) is 6.41 Å². The average Bonchev–Trinajstić information content (AvgIpc) is 1.30. The average molecular weight is 129 g/mol. The van der Waals surface area contributed by atoms with E-state index in [4.69, 9.17) is 4.79 Å². The van der Waals surface area contributed by atoms with Crippen molar-refractivity contribution in [2.45, 2.75) is 5.51 Å². The summed E-state index contributed by atoms with van der Waals surface area (Å²) in [6.45, 7) is 0. The first-order valence-electron chi connectivity index (χ1n) is 1.34. The third-order valence-electron chi connectivity index (χ3n) is 0.223. The topological polar surface area (TPSA) is 29.1 Å². The molecule has 0 saturated heterocycles. The van der Waals surface area contributed by atoms with Crippen LogP contribution < -0.4 is 5.32 Å². The number of hydrogen-bond acceptors (Lipinski definition) is 1. The molecule has 42 valence electrons. The lowest BCUT2D eigenvalue weighted by molar-refractivity contribution is -0.114. The number of alkyl halides is 3. The van der Waals surface area contributed by atoms with Crippen molar-refractivity contribution in [3.8, 4) is 0 Å². The summed E-state index contributed by atoms with van der Waals surface area (Å²) in [6.07, 6.45) is -0.174. The normalized spacial score (nSPS) is 10.7. The van der Waals surface area contributed by atoms with Crippen molar-refractivity contribution in [2.24, 2.45) is 0 Å². The van der Waals surface area contributed by atoms with Gasteiger partial charge in [0, 0.05) is 0 Å². The van der Waals surface area contributed by atoms with E-state index < -0.39 is 5.51 Å². The fraction of sp³-hybridized carbons (Fsp3) is 0.500. The van der Waals surface area contributed by atoms with Crippen molar-refractivity contribution in [1.82, 2.24) is 5.32 Å². The van der Waals surface area contributed by atoms with Gasteiger partial charge in [0.15, 0.2) is 0 Å². The predicted octanol–water partition coefficient (Wildman–Crippen LogP) is 0.521. The molecule has 0 aromatic heterocycles. The maximum absolute atomic E-state index is 11.1. The second-order valence-corrected chi connectivity index (χ2v) is 1.23. The number of hydrogen-bond donors (Lipinski definition) is 1. The lowest BCUT2D eigenvalue weighted by Crippen LogP contribution is -2.28. The second kappa shape index (κ2) is 2.07. The van der Waals surface area contributed by atoms with Gasteiger partial charge in [-0.3, -0.25) is 10.1 Å². The van der Waals surface area contributed by atoms with E-state index in [1.54, 1.807) is 0 Å². The molecule has 0 aliphatic carbocycles. The molecular formula is C2H2ClF2NO. The summed E-state index contributed by atoms with van der Waals surface area (Å²) >= 11 is 4.16. The van der Waals surface area contributed by atoms with Gasteiger partial charge in [0.05, 0.1) is 0 Å². The van der Waals surface area contributed by atoms with E-state index in [0.717, 1.165) is 5.32 Å². The fourth-order valence-electron chi connectivity index (χ4n) is 0.0668. The Morgan fingerprint density at radius 3 is 2.14 bits per heavy atom. The molecule has 1 amide bonds. The monoisotopic (exact) mass is 129 g/mol. The first kappa shape index (κ1) is 6.62. The second-order valence-electron chi connectivity index (χ2n) is 0.760. The molecule has 0 atom stereocenters. The Labute approximate surface area is 43.4 Å². The fourth-order valence-corrected chi connectivity index (χ4v) is 0.111. The largest absolute Gasteiger partial charge is 0.406 e. The number of amides is 1. The highest BCUT2D eigenvalue weighted by molar-refractivity contribution is 6.21. The van der Waals surface area contributed by atoms with E-state index in [9.17, 15) is 8.78 Å². The van der Waals surface area contributed by atoms with Crippen LogP contribution >= 0.6 is 11.6 Å². The van der Waals surface area contributed by atoms with Gasteiger partial charge in [-0.2, -0.15) is 8.78 Å². The Balaban J connectivity index is 3.34. The quantitative estimate of drug-likeness (QED) is 0.329. The zero-order valence-electron chi connectivity index (χ0n) is 3.12. The van der Waals surface area contributed by atoms with E-state index >= 15 is 0 Å². The van der Waals surface area contributed by atoms with Crippen molar-refractivity contribution < 1.29 is 13.6 Å². The number of carbonyl (C=O) groups is 1. The molecule has 2 nitrogen and oxygen atoms in total. The maximum Gasteiger partial charge on any atom is 0.406 e. The minimum atomic E-state index is -3.60. The molecule has 0 aliphatic heterocycles. The van der Waals surface area contributed by atoms with E-state index in [-0.39, 0.29) is 6.41 Å². The molecular weight excluding hydrogens is 127 g/mol. The van der Waals surface area contributed by atoms with Crippen molar-refractivity contribution in [3.63, 3.8) is 0 Å². The predicted molar refractivity (Wildman–Crippen MR) is 20.0 cm³/mol. The Bertz CT molecular complexity index is 70.6. The molecule has 0 spiro atoms. The van der Waals surface area contributed by atoms with Crippen LogP contribution in [0, 0.1) is 0 Å². The zero-order chi connectivity index (χ0) is 5.91. The number of carbonyl (C=O) groups excluding carboxylic acids is 1. The molecule has 0 aromatic carbocycles. The van der Waals surface area contributed by atoms with Gasteiger partial charge in [0.1, 0.15) is 0 Å². The van der Waals surface area contributed by atoms with Crippen LogP contribution in [-0.2, 0) is 4.79 Å². The van der Waals surface area contributed by atoms with Crippen LogP contribution in [-0.4, -0.2) is 11.9 Å². The van der Waals surface area contributed by atoms with Crippen LogP contribution in [0.4, 0.5) is 8.78 Å². The lowest BCUT2D eigenvalue weighted by atomic mass is 11.1. The molecule has 0 aliphatic rings. The van der Waals surface area contributed by atoms with E-state index in [1.807, 2.05) is 0 Å². The van der Waals surface area contributed by atoms with Crippen molar-refractivity contribution in [1.29, 1.82) is 0 Å². The first-order chi connectivity index (χ1) is 3.06. The molecule has 0 aromatic rings. The van der Waals surface area contributed by atoms with Gasteiger partial charge in [-0.25, -0.2) is 0 Å². The highest BCUT2D eigenvalue weighted by atomic mass is 35.5. The molecule has 0 fully saturated rings. The summed E-state index contributed by atoms with van der Waals surface area (Å²) < 4.78 is 22.3.